The lowest BCUT2D eigenvalue weighted by molar-refractivity contribution is 0.0263. The first-order chi connectivity index (χ1) is 5.94. The fourth-order valence-electron chi connectivity index (χ4n) is 1.32. The first kappa shape index (κ1) is 11.2. The van der Waals surface area contributed by atoms with Gasteiger partial charge in [0.05, 0.1) is 12.6 Å². The van der Waals surface area contributed by atoms with E-state index >= 15 is 0 Å². The van der Waals surface area contributed by atoms with Gasteiger partial charge in [-0.3, -0.25) is 4.57 Å². The zero-order valence-corrected chi connectivity index (χ0v) is 8.86. The van der Waals surface area contributed by atoms with Gasteiger partial charge in [-0.1, -0.05) is 0 Å². The quantitative estimate of drug-likeness (QED) is 0.485. The predicted octanol–water partition coefficient (Wildman–Crippen LogP) is -0.809. The van der Waals surface area contributed by atoms with Gasteiger partial charge >= 0.3 is 7.60 Å². The summed E-state index contributed by atoms with van der Waals surface area (Å²) in [7, 11) is -0.144. The van der Waals surface area contributed by atoms with Gasteiger partial charge in [-0.05, 0) is 0 Å². The van der Waals surface area contributed by atoms with Crippen LogP contribution in [0.2, 0.25) is 0 Å². The van der Waals surface area contributed by atoms with Crippen molar-refractivity contribution in [1.29, 1.82) is 0 Å². The maximum atomic E-state index is 11.0. The van der Waals surface area contributed by atoms with Gasteiger partial charge in [0.25, 0.3) is 0 Å². The zero-order chi connectivity index (χ0) is 10.1. The summed E-state index contributed by atoms with van der Waals surface area (Å²) in [4.78, 5) is 9.03. The monoisotopic (exact) mass is 208 g/mol. The van der Waals surface area contributed by atoms with Crippen LogP contribution in [0.5, 0.6) is 0 Å². The van der Waals surface area contributed by atoms with Gasteiger partial charge in [0, 0.05) is 13.8 Å². The van der Waals surface area contributed by atoms with Crippen molar-refractivity contribution in [2.24, 2.45) is 0 Å². The second-order valence-electron chi connectivity index (χ2n) is 3.19. The molecule has 0 radical (unpaired) electrons. The van der Waals surface area contributed by atoms with Crippen LogP contribution in [0.3, 0.4) is 0 Å². The summed E-state index contributed by atoms with van der Waals surface area (Å²) < 4.78 is 26.3. The molecule has 1 fully saturated rings. The average Bonchev–Trinajstić information content (AvgIpc) is 2.30. The molecule has 1 saturated heterocycles. The van der Waals surface area contributed by atoms with E-state index in [0.717, 1.165) is 6.66 Å². The van der Waals surface area contributed by atoms with E-state index in [1.54, 1.807) is 7.85 Å². The smallest absolute Gasteiger partial charge is 0.325 e. The third kappa shape index (κ3) is 3.07. The summed E-state index contributed by atoms with van der Waals surface area (Å²) in [6, 6.07) is -0.203. The van der Waals surface area contributed by atoms with Crippen LogP contribution in [-0.2, 0) is 18.6 Å². The van der Waals surface area contributed by atoms with E-state index in [-0.39, 0.29) is 12.1 Å². The Morgan fingerprint density at radius 2 is 2.31 bits per heavy atom. The number of ether oxygens (including phenoxy) is 2. The van der Waals surface area contributed by atoms with Crippen molar-refractivity contribution in [2.75, 3.05) is 20.4 Å². The minimum atomic E-state index is -3.46. The van der Waals surface area contributed by atoms with Gasteiger partial charge < -0.3 is 18.9 Å². The largest absolute Gasteiger partial charge is 0.382 e. The van der Waals surface area contributed by atoms with Crippen molar-refractivity contribution in [3.05, 3.63) is 0 Å². The van der Waals surface area contributed by atoms with Gasteiger partial charge in [-0.25, -0.2) is 0 Å². The first-order valence-corrected chi connectivity index (χ1v) is 6.09. The highest BCUT2D eigenvalue weighted by Gasteiger charge is 2.38. The van der Waals surface area contributed by atoms with Crippen LogP contribution >= 0.6 is 7.60 Å². The molecule has 0 aromatic heterocycles. The Hall–Kier alpha value is 0.135. The predicted molar refractivity (Wildman–Crippen MR) is 49.7 cm³/mol. The molecule has 0 aliphatic carbocycles. The summed E-state index contributed by atoms with van der Waals surface area (Å²) >= 11 is 0. The van der Waals surface area contributed by atoms with Crippen molar-refractivity contribution < 1.29 is 23.5 Å². The summed E-state index contributed by atoms with van der Waals surface area (Å²) in [6.45, 7) is 1.56. The van der Waals surface area contributed by atoms with Crippen molar-refractivity contribution in [2.45, 2.75) is 18.2 Å². The minimum absolute atomic E-state index is 0.203. The summed E-state index contributed by atoms with van der Waals surface area (Å²) in [5, 5.41) is 0. The average molecular weight is 208 g/mol. The molecular weight excluding hydrogens is 194 g/mol. The standard InChI is InChI=1S/C6H14BO5P/c1-10-4-3-11-6(7)5(4)12-13(2,8)9/h4-6H,3,7H2,1-2H3,(H,8,9)/t4-,5?,6-/m1/s1. The highest BCUT2D eigenvalue weighted by molar-refractivity contribution is 7.51. The van der Waals surface area contributed by atoms with E-state index in [1.165, 1.54) is 7.11 Å². The van der Waals surface area contributed by atoms with E-state index in [2.05, 4.69) is 0 Å². The van der Waals surface area contributed by atoms with Crippen molar-refractivity contribution in [1.82, 2.24) is 0 Å². The maximum absolute atomic E-state index is 11.0. The van der Waals surface area contributed by atoms with Crippen LogP contribution in [0.25, 0.3) is 0 Å². The highest BCUT2D eigenvalue weighted by Crippen LogP contribution is 2.41. The van der Waals surface area contributed by atoms with Gasteiger partial charge in [-0.2, -0.15) is 0 Å². The normalized spacial score (nSPS) is 38.8. The van der Waals surface area contributed by atoms with Crippen LogP contribution in [0.1, 0.15) is 0 Å². The molecule has 0 aromatic carbocycles. The van der Waals surface area contributed by atoms with Crippen molar-refractivity contribution in [3.8, 4) is 0 Å². The molecule has 0 saturated carbocycles. The maximum Gasteiger partial charge on any atom is 0.325 e. The summed E-state index contributed by atoms with van der Waals surface area (Å²) in [5.74, 6) is 0. The minimum Gasteiger partial charge on any atom is -0.382 e. The molecule has 0 bridgehead atoms. The fraction of sp³-hybridized carbons (Fsp3) is 1.00. The van der Waals surface area contributed by atoms with Gasteiger partial charge in [0.15, 0.2) is 0 Å². The Balaban J connectivity index is 2.60. The number of methoxy groups -OCH3 is 1. The van der Waals surface area contributed by atoms with E-state index in [4.69, 9.17) is 18.9 Å². The van der Waals surface area contributed by atoms with E-state index in [0.29, 0.717) is 6.61 Å². The first-order valence-electron chi connectivity index (χ1n) is 4.07. The third-order valence-corrected chi connectivity index (χ3v) is 2.61. The Kier molecular flexibility index (Phi) is 3.54. The molecule has 0 spiro atoms. The third-order valence-electron chi connectivity index (χ3n) is 1.97. The fourth-order valence-corrected chi connectivity index (χ4v) is 2.08. The SMILES string of the molecule is B[C@@H]1OC[C@@H](OC)C1OP(C)(=O)O. The molecule has 1 heterocycles. The lowest BCUT2D eigenvalue weighted by atomic mass is 9.94. The second kappa shape index (κ2) is 4.11. The van der Waals surface area contributed by atoms with Crippen molar-refractivity contribution in [3.63, 3.8) is 0 Å². The Morgan fingerprint density at radius 1 is 1.69 bits per heavy atom. The van der Waals surface area contributed by atoms with E-state index < -0.39 is 13.7 Å². The molecule has 5 nitrogen and oxygen atoms in total. The Bertz CT molecular complexity index is 217. The molecule has 7 heteroatoms. The molecule has 0 aromatic rings. The number of rotatable bonds is 3. The van der Waals surface area contributed by atoms with Crippen LogP contribution in [-0.4, -0.2) is 51.3 Å². The lowest BCUT2D eigenvalue weighted by Crippen LogP contribution is -2.33. The molecule has 4 atom stereocenters. The summed E-state index contributed by atoms with van der Waals surface area (Å²) in [6.07, 6.45) is -0.707. The Morgan fingerprint density at radius 3 is 2.77 bits per heavy atom. The molecule has 1 aliphatic rings. The van der Waals surface area contributed by atoms with Gasteiger partial charge in [0.1, 0.15) is 20.1 Å². The molecule has 1 rings (SSSR count). The molecular formula is C6H14BO5P. The molecule has 13 heavy (non-hydrogen) atoms. The molecule has 1 aliphatic heterocycles. The zero-order valence-electron chi connectivity index (χ0n) is 7.97. The number of hydrogen-bond acceptors (Lipinski definition) is 4. The van der Waals surface area contributed by atoms with Crippen LogP contribution in [0.15, 0.2) is 0 Å². The summed E-state index contributed by atoms with van der Waals surface area (Å²) in [5.41, 5.74) is 0. The molecule has 0 amide bonds. The van der Waals surface area contributed by atoms with Crippen LogP contribution in [0.4, 0.5) is 0 Å². The second-order valence-corrected chi connectivity index (χ2v) is 5.00. The highest BCUT2D eigenvalue weighted by atomic mass is 31.2. The van der Waals surface area contributed by atoms with E-state index in [1.807, 2.05) is 0 Å². The molecule has 2 unspecified atom stereocenters. The van der Waals surface area contributed by atoms with Crippen LogP contribution < -0.4 is 0 Å². The topological polar surface area (TPSA) is 65.0 Å². The molecule has 76 valence electrons. The molecule has 1 N–H and O–H groups in total. The lowest BCUT2D eigenvalue weighted by Gasteiger charge is -2.21. The van der Waals surface area contributed by atoms with E-state index in [9.17, 15) is 4.57 Å². The van der Waals surface area contributed by atoms with Gasteiger partial charge in [0.2, 0.25) is 0 Å². The van der Waals surface area contributed by atoms with Gasteiger partial charge in [-0.15, -0.1) is 0 Å². The Labute approximate surface area is 78.3 Å². The van der Waals surface area contributed by atoms with Crippen molar-refractivity contribution >= 4 is 15.4 Å². The van der Waals surface area contributed by atoms with Crippen LogP contribution in [0, 0.1) is 0 Å². The number of hydrogen-bond donors (Lipinski definition) is 1.